The Bertz CT molecular complexity index is 429. The quantitative estimate of drug-likeness (QED) is 0.614. The van der Waals surface area contributed by atoms with Crippen LogP contribution in [0.2, 0.25) is 0 Å². The van der Waals surface area contributed by atoms with Crippen LogP contribution in [-0.4, -0.2) is 16.9 Å². The summed E-state index contributed by atoms with van der Waals surface area (Å²) in [5.74, 6) is -6.91. The number of rotatable bonds is 3. The Morgan fingerprint density at radius 3 is 2.13 bits per heavy atom. The lowest BCUT2D eigenvalue weighted by molar-refractivity contribution is -0.148. The van der Waals surface area contributed by atoms with E-state index in [-0.39, 0.29) is 6.07 Å². The number of hydrogen-bond donors (Lipinski definition) is 1. The Morgan fingerprint density at radius 2 is 1.60 bits per heavy atom. The van der Waals surface area contributed by atoms with E-state index in [4.69, 9.17) is 5.11 Å². The van der Waals surface area contributed by atoms with E-state index in [1.54, 1.807) is 0 Å². The first-order valence-electron chi connectivity index (χ1n) is 3.81. The van der Waals surface area contributed by atoms with E-state index in [0.717, 1.165) is 0 Å². The van der Waals surface area contributed by atoms with Gasteiger partial charge in [0, 0.05) is 12.5 Å². The Morgan fingerprint density at radius 1 is 1.07 bits per heavy atom. The zero-order valence-electron chi connectivity index (χ0n) is 7.26. The minimum Gasteiger partial charge on any atom is -0.475 e. The van der Waals surface area contributed by atoms with E-state index in [0.29, 0.717) is 6.07 Å². The number of hydrogen-bond acceptors (Lipinski definition) is 2. The van der Waals surface area contributed by atoms with E-state index < -0.39 is 41.2 Å². The van der Waals surface area contributed by atoms with E-state index in [1.165, 1.54) is 0 Å². The first kappa shape index (κ1) is 11.2. The zero-order valence-corrected chi connectivity index (χ0v) is 7.26. The first-order chi connectivity index (χ1) is 6.91. The van der Waals surface area contributed by atoms with E-state index in [2.05, 4.69) is 0 Å². The molecule has 0 aliphatic heterocycles. The second-order valence-corrected chi connectivity index (χ2v) is 2.76. The second-order valence-electron chi connectivity index (χ2n) is 2.76. The first-order valence-corrected chi connectivity index (χ1v) is 3.81. The van der Waals surface area contributed by atoms with Crippen LogP contribution in [0.3, 0.4) is 0 Å². The molecule has 0 unspecified atom stereocenters. The summed E-state index contributed by atoms with van der Waals surface area (Å²) >= 11 is 0. The Labute approximate surface area is 82.1 Å². The lowest BCUT2D eigenvalue weighted by Crippen LogP contribution is -2.16. The van der Waals surface area contributed by atoms with Gasteiger partial charge in [0.25, 0.3) is 0 Å². The molecule has 0 spiro atoms. The summed E-state index contributed by atoms with van der Waals surface area (Å²) in [6.07, 6.45) is -0.807. The minimum absolute atomic E-state index is 0.264. The van der Waals surface area contributed by atoms with Crippen LogP contribution in [0.1, 0.15) is 5.56 Å². The molecule has 0 atom stereocenters. The van der Waals surface area contributed by atoms with Gasteiger partial charge in [0.2, 0.25) is 5.78 Å². The van der Waals surface area contributed by atoms with Crippen molar-refractivity contribution in [3.8, 4) is 0 Å². The molecule has 0 aromatic heterocycles. The van der Waals surface area contributed by atoms with Crippen molar-refractivity contribution in [3.63, 3.8) is 0 Å². The van der Waals surface area contributed by atoms with Gasteiger partial charge in [-0.05, 0) is 11.6 Å². The fraction of sp³-hybridized carbons (Fsp3) is 0.111. The van der Waals surface area contributed by atoms with Gasteiger partial charge >= 0.3 is 5.97 Å². The summed E-state index contributed by atoms with van der Waals surface area (Å²) in [5, 5.41) is 8.22. The highest BCUT2D eigenvalue weighted by Gasteiger charge is 2.17. The summed E-state index contributed by atoms with van der Waals surface area (Å²) < 4.78 is 38.0. The van der Waals surface area contributed by atoms with Crippen LogP contribution in [-0.2, 0) is 16.0 Å². The molecule has 6 heteroatoms. The fourth-order valence-corrected chi connectivity index (χ4v) is 0.948. The lowest BCUT2D eigenvalue weighted by Gasteiger charge is -2.01. The molecule has 1 aromatic rings. The molecule has 80 valence electrons. The molecule has 3 nitrogen and oxygen atoms in total. The average Bonchev–Trinajstić information content (AvgIpc) is 2.13. The van der Waals surface area contributed by atoms with Gasteiger partial charge in [0.15, 0.2) is 11.6 Å². The third-order valence-corrected chi connectivity index (χ3v) is 1.68. The van der Waals surface area contributed by atoms with Crippen LogP contribution >= 0.6 is 0 Å². The molecule has 0 aliphatic rings. The largest absolute Gasteiger partial charge is 0.475 e. The molecule has 0 amide bonds. The summed E-state index contributed by atoms with van der Waals surface area (Å²) in [7, 11) is 0. The predicted molar refractivity (Wildman–Crippen MR) is 42.7 cm³/mol. The van der Waals surface area contributed by atoms with Crippen LogP contribution in [0.5, 0.6) is 0 Å². The minimum atomic E-state index is -1.75. The van der Waals surface area contributed by atoms with Crippen molar-refractivity contribution in [3.05, 3.63) is 35.1 Å². The number of aliphatic carboxylic acids is 1. The summed E-state index contributed by atoms with van der Waals surface area (Å²) in [4.78, 5) is 20.8. The Kier molecular flexibility index (Phi) is 3.08. The van der Waals surface area contributed by atoms with Gasteiger partial charge in [0.1, 0.15) is 5.82 Å². The van der Waals surface area contributed by atoms with Gasteiger partial charge in [-0.1, -0.05) is 0 Å². The molecule has 1 N–H and O–H groups in total. The maximum absolute atomic E-state index is 12.9. The monoisotopic (exact) mass is 218 g/mol. The third kappa shape index (κ3) is 2.55. The molecule has 0 saturated heterocycles. The number of carbonyl (C=O) groups is 2. The van der Waals surface area contributed by atoms with Gasteiger partial charge < -0.3 is 5.11 Å². The third-order valence-electron chi connectivity index (χ3n) is 1.68. The van der Waals surface area contributed by atoms with Gasteiger partial charge in [-0.25, -0.2) is 18.0 Å². The standard InChI is InChI=1S/C9H5F3O3/c10-5-3-7(12)6(11)1-4(5)2-8(13)9(14)15/h1,3H,2H2,(H,14,15). The molecule has 1 aromatic carbocycles. The van der Waals surface area contributed by atoms with Crippen molar-refractivity contribution < 1.29 is 27.9 Å². The molecule has 0 radical (unpaired) electrons. The predicted octanol–water partition coefficient (Wildman–Crippen LogP) is 1.30. The average molecular weight is 218 g/mol. The molecule has 0 aliphatic carbocycles. The summed E-state index contributed by atoms with van der Waals surface area (Å²) in [6, 6.07) is 0.727. The highest BCUT2D eigenvalue weighted by atomic mass is 19.2. The van der Waals surface area contributed by atoms with Crippen LogP contribution in [0.4, 0.5) is 13.2 Å². The van der Waals surface area contributed by atoms with Crippen molar-refractivity contribution in [2.24, 2.45) is 0 Å². The molecule has 0 bridgehead atoms. The highest BCUT2D eigenvalue weighted by molar-refractivity contribution is 6.33. The molecule has 0 fully saturated rings. The molecule has 1 rings (SSSR count). The fourth-order valence-electron chi connectivity index (χ4n) is 0.948. The Balaban J connectivity index is 3.01. The van der Waals surface area contributed by atoms with Gasteiger partial charge in [0.05, 0.1) is 0 Å². The number of halogens is 3. The van der Waals surface area contributed by atoms with Gasteiger partial charge in [-0.2, -0.15) is 0 Å². The maximum Gasteiger partial charge on any atom is 0.372 e. The maximum atomic E-state index is 12.9. The van der Waals surface area contributed by atoms with Crippen LogP contribution in [0.25, 0.3) is 0 Å². The van der Waals surface area contributed by atoms with Crippen LogP contribution in [0.15, 0.2) is 12.1 Å². The second kappa shape index (κ2) is 4.12. The number of benzene rings is 1. The normalized spacial score (nSPS) is 10.1. The van der Waals surface area contributed by atoms with Crippen molar-refractivity contribution in [2.45, 2.75) is 6.42 Å². The number of ketones is 1. The van der Waals surface area contributed by atoms with E-state index in [9.17, 15) is 22.8 Å². The number of Topliss-reactive ketones (excluding diaryl/α,β-unsaturated/α-hetero) is 1. The SMILES string of the molecule is O=C(O)C(=O)Cc1cc(F)c(F)cc1F. The lowest BCUT2D eigenvalue weighted by atomic mass is 10.1. The van der Waals surface area contributed by atoms with Crippen molar-refractivity contribution in [1.82, 2.24) is 0 Å². The van der Waals surface area contributed by atoms with Crippen LogP contribution in [0, 0.1) is 17.5 Å². The number of carbonyl (C=O) groups excluding carboxylic acids is 1. The summed E-state index contributed by atoms with van der Waals surface area (Å²) in [5.41, 5.74) is -0.485. The molecular formula is C9H5F3O3. The number of carboxylic acid groups (broad SMARTS) is 1. The number of carboxylic acids is 1. The van der Waals surface area contributed by atoms with E-state index >= 15 is 0 Å². The van der Waals surface area contributed by atoms with Gasteiger partial charge in [-0.3, -0.25) is 4.79 Å². The van der Waals surface area contributed by atoms with Crippen LogP contribution < -0.4 is 0 Å². The van der Waals surface area contributed by atoms with Gasteiger partial charge in [-0.15, -0.1) is 0 Å². The van der Waals surface area contributed by atoms with Crippen molar-refractivity contribution in [2.75, 3.05) is 0 Å². The molecule has 0 saturated carbocycles. The Hall–Kier alpha value is -1.85. The molecule has 0 heterocycles. The molecule has 15 heavy (non-hydrogen) atoms. The van der Waals surface area contributed by atoms with Crippen molar-refractivity contribution >= 4 is 11.8 Å². The zero-order chi connectivity index (χ0) is 11.6. The summed E-state index contributed by atoms with van der Waals surface area (Å²) in [6.45, 7) is 0. The van der Waals surface area contributed by atoms with E-state index in [1.807, 2.05) is 0 Å². The van der Waals surface area contributed by atoms with Crippen molar-refractivity contribution in [1.29, 1.82) is 0 Å². The molecular weight excluding hydrogens is 213 g/mol. The smallest absolute Gasteiger partial charge is 0.372 e. The highest BCUT2D eigenvalue weighted by Crippen LogP contribution is 2.14. The topological polar surface area (TPSA) is 54.4 Å².